The summed E-state index contributed by atoms with van der Waals surface area (Å²) in [5, 5.41) is 3.12. The highest BCUT2D eigenvalue weighted by atomic mass is 16.5. The van der Waals surface area contributed by atoms with Crippen molar-refractivity contribution in [2.75, 3.05) is 7.11 Å². The largest absolute Gasteiger partial charge is 0.496 e. The van der Waals surface area contributed by atoms with Crippen LogP contribution < -0.4 is 10.1 Å². The quantitative estimate of drug-likeness (QED) is 0.803. The molecule has 0 aromatic heterocycles. The van der Waals surface area contributed by atoms with E-state index in [-0.39, 0.29) is 5.91 Å². The normalized spacial score (nSPS) is 26.8. The van der Waals surface area contributed by atoms with Crippen LogP contribution in [0.1, 0.15) is 36.3 Å². The lowest BCUT2D eigenvalue weighted by Crippen LogP contribution is -2.45. The first-order chi connectivity index (χ1) is 8.29. The molecule has 1 aromatic carbocycles. The minimum Gasteiger partial charge on any atom is -0.496 e. The van der Waals surface area contributed by atoms with Gasteiger partial charge in [-0.25, -0.2) is 0 Å². The lowest BCUT2D eigenvalue weighted by Gasteiger charge is -2.37. The number of carbonyl (C=O) groups is 1. The van der Waals surface area contributed by atoms with Gasteiger partial charge in [0.2, 0.25) is 5.91 Å². The first-order valence-electron chi connectivity index (χ1n) is 6.24. The van der Waals surface area contributed by atoms with E-state index in [0.29, 0.717) is 18.4 Å². The van der Waals surface area contributed by atoms with Gasteiger partial charge in [0, 0.05) is 18.4 Å². The number of carbonyl (C=O) groups excluding carboxylic acids is 1. The van der Waals surface area contributed by atoms with Gasteiger partial charge in [-0.3, -0.25) is 4.79 Å². The highest BCUT2D eigenvalue weighted by molar-refractivity contribution is 5.77. The van der Waals surface area contributed by atoms with Gasteiger partial charge in [-0.15, -0.1) is 0 Å². The number of piperidine rings is 1. The van der Waals surface area contributed by atoms with Gasteiger partial charge in [-0.2, -0.15) is 0 Å². The molecule has 1 aliphatic heterocycles. The van der Waals surface area contributed by atoms with Crippen LogP contribution in [0.4, 0.5) is 0 Å². The molecular formula is C14H17NO2. The molecule has 3 heteroatoms. The number of methoxy groups -OCH3 is 1. The first kappa shape index (κ1) is 10.6. The van der Waals surface area contributed by atoms with Crippen molar-refractivity contribution in [2.24, 2.45) is 0 Å². The maximum atomic E-state index is 11.4. The fourth-order valence-corrected chi connectivity index (χ4v) is 3.20. The fraction of sp³-hybridized carbons (Fsp3) is 0.500. The van der Waals surface area contributed by atoms with Crippen molar-refractivity contribution in [1.29, 1.82) is 0 Å². The van der Waals surface area contributed by atoms with Crippen molar-refractivity contribution in [3.8, 4) is 5.75 Å². The van der Waals surface area contributed by atoms with Crippen LogP contribution in [-0.4, -0.2) is 19.1 Å². The number of rotatable bonds is 1. The summed E-state index contributed by atoms with van der Waals surface area (Å²) in [6.45, 7) is 0. The predicted molar refractivity (Wildman–Crippen MR) is 65.2 cm³/mol. The van der Waals surface area contributed by atoms with Gasteiger partial charge >= 0.3 is 0 Å². The number of fused-ring (bicyclic) bond motifs is 3. The molecule has 1 amide bonds. The Bertz CT molecular complexity index is 456. The smallest absolute Gasteiger partial charge is 0.220 e. The lowest BCUT2D eigenvalue weighted by molar-refractivity contribution is -0.123. The number of hydrogen-bond donors (Lipinski definition) is 1. The molecule has 2 atom stereocenters. The molecule has 1 aromatic rings. The zero-order chi connectivity index (χ0) is 11.8. The third-order valence-electron chi connectivity index (χ3n) is 4.01. The van der Waals surface area contributed by atoms with Gasteiger partial charge < -0.3 is 10.1 Å². The van der Waals surface area contributed by atoms with E-state index in [4.69, 9.17) is 4.74 Å². The second kappa shape index (κ2) is 4.06. The monoisotopic (exact) mass is 231 g/mol. The summed E-state index contributed by atoms with van der Waals surface area (Å²) >= 11 is 0. The van der Waals surface area contributed by atoms with Crippen LogP contribution in [0.15, 0.2) is 18.2 Å². The molecule has 3 rings (SSSR count). The number of ether oxygens (including phenoxy) is 1. The molecule has 2 aliphatic rings. The zero-order valence-corrected chi connectivity index (χ0v) is 10.0. The molecule has 1 saturated heterocycles. The minimum absolute atomic E-state index is 0.206. The Hall–Kier alpha value is -1.51. The molecule has 1 fully saturated rings. The average molecular weight is 231 g/mol. The van der Waals surface area contributed by atoms with E-state index in [1.165, 1.54) is 11.1 Å². The Morgan fingerprint density at radius 3 is 3.00 bits per heavy atom. The van der Waals surface area contributed by atoms with E-state index in [1.807, 2.05) is 6.07 Å². The van der Waals surface area contributed by atoms with Crippen LogP contribution >= 0.6 is 0 Å². The molecule has 0 spiro atoms. The van der Waals surface area contributed by atoms with Crippen molar-refractivity contribution in [3.05, 3.63) is 29.3 Å². The van der Waals surface area contributed by atoms with E-state index in [0.717, 1.165) is 25.0 Å². The molecule has 3 nitrogen and oxygen atoms in total. The Labute approximate surface area is 101 Å². The van der Waals surface area contributed by atoms with Crippen molar-refractivity contribution in [2.45, 2.75) is 37.6 Å². The molecule has 0 bridgehead atoms. The predicted octanol–water partition coefficient (Wildman–Crippen LogP) is 2.00. The maximum absolute atomic E-state index is 11.4. The minimum atomic E-state index is 0.206. The Morgan fingerprint density at radius 2 is 2.18 bits per heavy atom. The van der Waals surface area contributed by atoms with Crippen molar-refractivity contribution < 1.29 is 9.53 Å². The number of benzene rings is 1. The topological polar surface area (TPSA) is 38.3 Å². The van der Waals surface area contributed by atoms with Gasteiger partial charge in [0.15, 0.2) is 0 Å². The van der Waals surface area contributed by atoms with Crippen LogP contribution in [0, 0.1) is 0 Å². The van der Waals surface area contributed by atoms with Gasteiger partial charge in [-0.1, -0.05) is 12.1 Å². The van der Waals surface area contributed by atoms with Gasteiger partial charge in [0.1, 0.15) is 5.75 Å². The second-order valence-corrected chi connectivity index (χ2v) is 4.89. The third kappa shape index (κ3) is 1.70. The highest BCUT2D eigenvalue weighted by Crippen LogP contribution is 2.40. The van der Waals surface area contributed by atoms with Crippen LogP contribution in [0.25, 0.3) is 0 Å². The number of nitrogens with one attached hydrogen (secondary N) is 1. The average Bonchev–Trinajstić information content (AvgIpc) is 2.37. The summed E-state index contributed by atoms with van der Waals surface area (Å²) in [6.07, 6.45) is 3.65. The molecule has 1 N–H and O–H groups in total. The molecule has 1 heterocycles. The van der Waals surface area contributed by atoms with E-state index in [1.54, 1.807) is 7.11 Å². The van der Waals surface area contributed by atoms with E-state index < -0.39 is 0 Å². The summed E-state index contributed by atoms with van der Waals surface area (Å²) < 4.78 is 5.43. The van der Waals surface area contributed by atoms with Crippen LogP contribution in [0.2, 0.25) is 0 Å². The SMILES string of the molecule is COc1cccc2c1CC[C@H]1NC(=O)CC[C@H]21. The summed E-state index contributed by atoms with van der Waals surface area (Å²) in [4.78, 5) is 11.4. The molecule has 0 unspecified atom stereocenters. The third-order valence-corrected chi connectivity index (χ3v) is 4.01. The van der Waals surface area contributed by atoms with E-state index in [9.17, 15) is 4.79 Å². The van der Waals surface area contributed by atoms with Crippen molar-refractivity contribution in [3.63, 3.8) is 0 Å². The number of hydrogen-bond acceptors (Lipinski definition) is 2. The molecule has 1 aliphatic carbocycles. The molecule has 0 radical (unpaired) electrons. The molecule has 0 saturated carbocycles. The first-order valence-corrected chi connectivity index (χ1v) is 6.24. The van der Waals surface area contributed by atoms with Crippen molar-refractivity contribution in [1.82, 2.24) is 5.32 Å². The maximum Gasteiger partial charge on any atom is 0.220 e. The summed E-state index contributed by atoms with van der Waals surface area (Å²) in [5.41, 5.74) is 2.72. The molecule has 90 valence electrons. The lowest BCUT2D eigenvalue weighted by atomic mass is 9.75. The Morgan fingerprint density at radius 1 is 1.29 bits per heavy atom. The van der Waals surface area contributed by atoms with E-state index in [2.05, 4.69) is 17.4 Å². The fourth-order valence-electron chi connectivity index (χ4n) is 3.20. The van der Waals surface area contributed by atoms with Crippen LogP contribution in [0.5, 0.6) is 5.75 Å². The second-order valence-electron chi connectivity index (χ2n) is 4.89. The number of amides is 1. The van der Waals surface area contributed by atoms with Gasteiger partial charge in [0.25, 0.3) is 0 Å². The van der Waals surface area contributed by atoms with Crippen LogP contribution in [0.3, 0.4) is 0 Å². The Kier molecular flexibility index (Phi) is 2.54. The van der Waals surface area contributed by atoms with E-state index >= 15 is 0 Å². The van der Waals surface area contributed by atoms with Crippen molar-refractivity contribution >= 4 is 5.91 Å². The zero-order valence-electron chi connectivity index (χ0n) is 10.0. The van der Waals surface area contributed by atoms with Gasteiger partial charge in [0.05, 0.1) is 7.11 Å². The summed E-state index contributed by atoms with van der Waals surface area (Å²) in [6, 6.07) is 6.60. The van der Waals surface area contributed by atoms with Crippen LogP contribution in [-0.2, 0) is 11.2 Å². The standard InChI is InChI=1S/C14H17NO2/c1-17-13-4-2-3-9-10-6-8-14(16)15-12(10)7-5-11(9)13/h2-4,10,12H,5-8H2,1H3,(H,15,16)/t10-,12-/m1/s1. The molecule has 17 heavy (non-hydrogen) atoms. The summed E-state index contributed by atoms with van der Waals surface area (Å²) in [5.74, 6) is 1.68. The highest BCUT2D eigenvalue weighted by Gasteiger charge is 2.34. The molecular weight excluding hydrogens is 214 g/mol. The Balaban J connectivity index is 1.99. The summed E-state index contributed by atoms with van der Waals surface area (Å²) in [7, 11) is 1.73. The van der Waals surface area contributed by atoms with Gasteiger partial charge in [-0.05, 0) is 36.5 Å².